The zero-order valence-corrected chi connectivity index (χ0v) is 15.4. The number of ether oxygens (including phenoxy) is 1. The van der Waals surface area contributed by atoms with E-state index in [2.05, 4.69) is 5.32 Å². The lowest BCUT2D eigenvalue weighted by molar-refractivity contribution is -0.138. The first kappa shape index (κ1) is 17.7. The lowest BCUT2D eigenvalue weighted by Gasteiger charge is -2.19. The molecule has 0 bridgehead atoms. The van der Waals surface area contributed by atoms with E-state index in [1.54, 1.807) is 31.4 Å². The van der Waals surface area contributed by atoms with Gasteiger partial charge in [-0.2, -0.15) is 0 Å². The third-order valence-corrected chi connectivity index (χ3v) is 4.42. The number of carbonyl (C=O) groups excluding carboxylic acids is 2. The number of methoxy groups -OCH3 is 1. The van der Waals surface area contributed by atoms with Crippen LogP contribution < -0.4 is 10.1 Å². The molecule has 0 unspecified atom stereocenters. The number of benzene rings is 2. The SMILES string of the molecule is COc1ccc(C2=C(Nc3ccccc3C)C(=O)N(C(C)C)C2=O)cc1. The number of amides is 2. The largest absolute Gasteiger partial charge is 0.497 e. The number of hydrogen-bond donors (Lipinski definition) is 1. The second kappa shape index (κ2) is 7.04. The Morgan fingerprint density at radius 3 is 2.19 bits per heavy atom. The molecule has 134 valence electrons. The van der Waals surface area contributed by atoms with Crippen LogP contribution in [0.25, 0.3) is 5.57 Å². The van der Waals surface area contributed by atoms with Crippen molar-refractivity contribution in [3.63, 3.8) is 0 Å². The first-order valence-electron chi connectivity index (χ1n) is 8.53. The van der Waals surface area contributed by atoms with Gasteiger partial charge in [0, 0.05) is 11.7 Å². The first-order chi connectivity index (χ1) is 12.4. The average molecular weight is 350 g/mol. The molecule has 0 radical (unpaired) electrons. The Kier molecular flexibility index (Phi) is 4.80. The quantitative estimate of drug-likeness (QED) is 0.837. The van der Waals surface area contributed by atoms with Gasteiger partial charge in [0.05, 0.1) is 12.7 Å². The predicted molar refractivity (Wildman–Crippen MR) is 102 cm³/mol. The average Bonchev–Trinajstić information content (AvgIpc) is 2.87. The van der Waals surface area contributed by atoms with Gasteiger partial charge in [-0.1, -0.05) is 30.3 Å². The number of imide groups is 1. The molecule has 1 heterocycles. The Hall–Kier alpha value is -3.08. The lowest BCUT2D eigenvalue weighted by atomic mass is 10.0. The number of carbonyl (C=O) groups is 2. The summed E-state index contributed by atoms with van der Waals surface area (Å²) in [4.78, 5) is 27.2. The van der Waals surface area contributed by atoms with Gasteiger partial charge >= 0.3 is 0 Å². The second-order valence-electron chi connectivity index (χ2n) is 6.49. The third-order valence-electron chi connectivity index (χ3n) is 4.42. The van der Waals surface area contributed by atoms with Crippen molar-refractivity contribution in [3.8, 4) is 5.75 Å². The maximum absolute atomic E-state index is 13.0. The van der Waals surface area contributed by atoms with Crippen molar-refractivity contribution in [3.05, 3.63) is 65.4 Å². The zero-order chi connectivity index (χ0) is 18.8. The highest BCUT2D eigenvalue weighted by Gasteiger charge is 2.40. The van der Waals surface area contributed by atoms with E-state index >= 15 is 0 Å². The molecular weight excluding hydrogens is 328 g/mol. The van der Waals surface area contributed by atoms with E-state index in [4.69, 9.17) is 4.74 Å². The van der Waals surface area contributed by atoms with Crippen LogP contribution in [0.3, 0.4) is 0 Å². The summed E-state index contributed by atoms with van der Waals surface area (Å²) in [5.74, 6) is 0.102. The van der Waals surface area contributed by atoms with Gasteiger partial charge in [-0.15, -0.1) is 0 Å². The molecule has 5 nitrogen and oxygen atoms in total. The maximum Gasteiger partial charge on any atom is 0.278 e. The van der Waals surface area contributed by atoms with Gasteiger partial charge in [0.25, 0.3) is 11.8 Å². The topological polar surface area (TPSA) is 58.6 Å². The van der Waals surface area contributed by atoms with Gasteiger partial charge in [0.2, 0.25) is 0 Å². The molecule has 5 heteroatoms. The number of hydrogen-bond acceptors (Lipinski definition) is 4. The van der Waals surface area contributed by atoms with Gasteiger partial charge in [-0.3, -0.25) is 14.5 Å². The van der Waals surface area contributed by atoms with Crippen molar-refractivity contribution in [2.24, 2.45) is 0 Å². The minimum atomic E-state index is -0.306. The van der Waals surface area contributed by atoms with Crippen LogP contribution in [0.1, 0.15) is 25.0 Å². The summed E-state index contributed by atoms with van der Waals surface area (Å²) in [5.41, 5.74) is 3.18. The fourth-order valence-electron chi connectivity index (χ4n) is 3.01. The predicted octanol–water partition coefficient (Wildman–Crippen LogP) is 3.60. The van der Waals surface area contributed by atoms with E-state index in [0.717, 1.165) is 11.3 Å². The summed E-state index contributed by atoms with van der Waals surface area (Å²) in [6.45, 7) is 5.62. The Morgan fingerprint density at radius 2 is 1.62 bits per heavy atom. The van der Waals surface area contributed by atoms with E-state index in [-0.39, 0.29) is 17.9 Å². The van der Waals surface area contributed by atoms with Crippen LogP contribution in [0.15, 0.2) is 54.2 Å². The fraction of sp³-hybridized carbons (Fsp3) is 0.238. The van der Waals surface area contributed by atoms with Crippen LogP contribution in [0.4, 0.5) is 5.69 Å². The van der Waals surface area contributed by atoms with Crippen molar-refractivity contribution in [2.75, 3.05) is 12.4 Å². The summed E-state index contributed by atoms with van der Waals surface area (Å²) in [6, 6.07) is 14.6. The van der Waals surface area contributed by atoms with Gasteiger partial charge < -0.3 is 10.1 Å². The fourth-order valence-corrected chi connectivity index (χ4v) is 3.01. The van der Waals surface area contributed by atoms with E-state index in [1.807, 2.05) is 45.0 Å². The van der Waals surface area contributed by atoms with Gasteiger partial charge in [-0.05, 0) is 50.1 Å². The summed E-state index contributed by atoms with van der Waals surface area (Å²) >= 11 is 0. The molecule has 0 spiro atoms. The molecule has 0 atom stereocenters. The number of para-hydroxylation sites is 1. The van der Waals surface area contributed by atoms with Crippen molar-refractivity contribution in [1.29, 1.82) is 0 Å². The van der Waals surface area contributed by atoms with Crippen molar-refractivity contribution >= 4 is 23.1 Å². The molecule has 2 aromatic carbocycles. The molecule has 0 saturated carbocycles. The number of anilines is 1. The second-order valence-corrected chi connectivity index (χ2v) is 6.49. The molecule has 1 N–H and O–H groups in total. The molecule has 0 saturated heterocycles. The number of rotatable bonds is 5. The summed E-state index contributed by atoms with van der Waals surface area (Å²) in [5, 5.41) is 3.19. The minimum Gasteiger partial charge on any atom is -0.497 e. The molecular formula is C21H22N2O3. The molecule has 1 aliphatic heterocycles. The molecule has 3 rings (SSSR count). The number of aryl methyl sites for hydroxylation is 1. The number of nitrogens with one attached hydrogen (secondary N) is 1. The Morgan fingerprint density at radius 1 is 0.962 bits per heavy atom. The summed E-state index contributed by atoms with van der Waals surface area (Å²) < 4.78 is 5.18. The van der Waals surface area contributed by atoms with Crippen LogP contribution in [-0.2, 0) is 9.59 Å². The third kappa shape index (κ3) is 3.08. The Bertz CT molecular complexity index is 882. The molecule has 26 heavy (non-hydrogen) atoms. The highest BCUT2D eigenvalue weighted by Crippen LogP contribution is 2.32. The Labute approximate surface area is 153 Å². The lowest BCUT2D eigenvalue weighted by Crippen LogP contribution is -2.38. The molecule has 0 aliphatic carbocycles. The van der Waals surface area contributed by atoms with Crippen LogP contribution in [0.2, 0.25) is 0 Å². The van der Waals surface area contributed by atoms with Crippen LogP contribution >= 0.6 is 0 Å². The van der Waals surface area contributed by atoms with Gasteiger partial charge in [0.1, 0.15) is 11.4 Å². The van der Waals surface area contributed by atoms with E-state index in [9.17, 15) is 9.59 Å². The smallest absolute Gasteiger partial charge is 0.278 e. The number of nitrogens with zero attached hydrogens (tertiary/aromatic N) is 1. The summed E-state index contributed by atoms with van der Waals surface area (Å²) in [7, 11) is 1.59. The molecule has 2 aromatic rings. The minimum absolute atomic E-state index is 0.223. The molecule has 2 amide bonds. The maximum atomic E-state index is 13.0. The highest BCUT2D eigenvalue weighted by molar-refractivity contribution is 6.36. The van der Waals surface area contributed by atoms with Crippen LogP contribution in [-0.4, -0.2) is 29.9 Å². The van der Waals surface area contributed by atoms with Crippen LogP contribution in [0.5, 0.6) is 5.75 Å². The van der Waals surface area contributed by atoms with E-state index in [0.29, 0.717) is 22.6 Å². The van der Waals surface area contributed by atoms with Crippen molar-refractivity contribution in [1.82, 2.24) is 4.90 Å². The highest BCUT2D eigenvalue weighted by atomic mass is 16.5. The van der Waals surface area contributed by atoms with Crippen LogP contribution in [0, 0.1) is 6.92 Å². The monoisotopic (exact) mass is 350 g/mol. The summed E-state index contributed by atoms with van der Waals surface area (Å²) in [6.07, 6.45) is 0. The normalized spacial score (nSPS) is 14.4. The van der Waals surface area contributed by atoms with Gasteiger partial charge in [-0.25, -0.2) is 0 Å². The molecule has 1 aliphatic rings. The van der Waals surface area contributed by atoms with Crippen molar-refractivity contribution in [2.45, 2.75) is 26.8 Å². The molecule has 0 fully saturated rings. The van der Waals surface area contributed by atoms with E-state index in [1.165, 1.54) is 4.90 Å². The zero-order valence-electron chi connectivity index (χ0n) is 15.4. The standard InChI is InChI=1S/C21H22N2O3/c1-13(2)23-20(24)18(15-9-11-16(26-4)12-10-15)19(21(23)25)22-17-8-6-5-7-14(17)3/h5-13,22H,1-4H3. The van der Waals surface area contributed by atoms with Crippen molar-refractivity contribution < 1.29 is 14.3 Å². The molecule has 0 aromatic heterocycles. The first-order valence-corrected chi connectivity index (χ1v) is 8.53. The van der Waals surface area contributed by atoms with E-state index < -0.39 is 0 Å². The van der Waals surface area contributed by atoms with Gasteiger partial charge in [0.15, 0.2) is 0 Å². The Balaban J connectivity index is 2.11.